The van der Waals surface area contributed by atoms with Crippen molar-refractivity contribution in [3.63, 3.8) is 0 Å². The van der Waals surface area contributed by atoms with Crippen molar-refractivity contribution in [2.75, 3.05) is 0 Å². The first-order chi connectivity index (χ1) is 8.72. The summed E-state index contributed by atoms with van der Waals surface area (Å²) in [6.07, 6.45) is 2.73. The van der Waals surface area contributed by atoms with E-state index in [1.807, 2.05) is 30.3 Å². The summed E-state index contributed by atoms with van der Waals surface area (Å²) in [6, 6.07) is 13.1. The topological polar surface area (TPSA) is 29.5 Å². The van der Waals surface area contributed by atoms with Crippen molar-refractivity contribution in [2.24, 2.45) is 0 Å². The molecule has 0 atom stereocenters. The van der Waals surface area contributed by atoms with Crippen LogP contribution in [-0.4, -0.2) is 11.2 Å². The predicted octanol–water partition coefficient (Wildman–Crippen LogP) is 4.25. The monoisotopic (exact) mass is 260 g/mol. The van der Waals surface area contributed by atoms with Crippen molar-refractivity contribution in [3.05, 3.63) is 47.5 Å². The minimum absolute atomic E-state index is 0.104. The summed E-state index contributed by atoms with van der Waals surface area (Å²) in [7, 11) is 0. The lowest BCUT2D eigenvalue weighted by Crippen LogP contribution is -1.95. The first kappa shape index (κ1) is 11.4. The molecule has 1 fully saturated rings. The van der Waals surface area contributed by atoms with Crippen LogP contribution in [0.2, 0.25) is 5.02 Å². The minimum Gasteiger partial charge on any atom is -0.506 e. The Kier molecular flexibility index (Phi) is 2.88. The molecule has 3 heteroatoms. The van der Waals surface area contributed by atoms with Gasteiger partial charge in [-0.15, -0.1) is 0 Å². The van der Waals surface area contributed by atoms with Gasteiger partial charge in [0.05, 0.1) is 11.1 Å². The molecule has 2 aromatic rings. The largest absolute Gasteiger partial charge is 0.506 e. The van der Waals surface area contributed by atoms with E-state index in [-0.39, 0.29) is 5.75 Å². The van der Waals surface area contributed by atoms with E-state index in [1.54, 1.807) is 12.1 Å². The lowest BCUT2D eigenvalue weighted by atomic mass is 10.1. The van der Waals surface area contributed by atoms with Crippen molar-refractivity contribution in [1.29, 1.82) is 0 Å². The molecule has 0 radical (unpaired) electrons. The summed E-state index contributed by atoms with van der Waals surface area (Å²) < 4.78 is 5.69. The quantitative estimate of drug-likeness (QED) is 0.894. The second kappa shape index (κ2) is 4.54. The highest BCUT2D eigenvalue weighted by Gasteiger charge is 2.23. The van der Waals surface area contributed by atoms with Gasteiger partial charge in [-0.2, -0.15) is 0 Å². The second-order valence-corrected chi connectivity index (χ2v) is 4.91. The van der Waals surface area contributed by atoms with E-state index >= 15 is 0 Å². The van der Waals surface area contributed by atoms with Gasteiger partial charge in [-0.05, 0) is 48.2 Å². The first-order valence-corrected chi connectivity index (χ1v) is 6.36. The van der Waals surface area contributed by atoms with Crippen molar-refractivity contribution in [3.8, 4) is 22.6 Å². The van der Waals surface area contributed by atoms with Crippen LogP contribution in [0, 0.1) is 0 Å². The molecule has 0 heterocycles. The molecule has 0 saturated heterocycles. The van der Waals surface area contributed by atoms with Gasteiger partial charge in [0.25, 0.3) is 0 Å². The maximum absolute atomic E-state index is 9.59. The molecular formula is C15H13ClO2. The number of ether oxygens (including phenoxy) is 1. The fraction of sp³-hybridized carbons (Fsp3) is 0.200. The Balaban J connectivity index is 1.84. The highest BCUT2D eigenvalue weighted by molar-refractivity contribution is 6.32. The number of phenols is 1. The van der Waals surface area contributed by atoms with Gasteiger partial charge in [0.2, 0.25) is 0 Å². The van der Waals surface area contributed by atoms with Gasteiger partial charge in [-0.1, -0.05) is 29.8 Å². The van der Waals surface area contributed by atoms with Gasteiger partial charge >= 0.3 is 0 Å². The van der Waals surface area contributed by atoms with E-state index < -0.39 is 0 Å². The lowest BCUT2D eigenvalue weighted by molar-refractivity contribution is 0.303. The molecule has 18 heavy (non-hydrogen) atoms. The molecule has 2 nitrogen and oxygen atoms in total. The Labute approximate surface area is 111 Å². The van der Waals surface area contributed by atoms with Crippen molar-refractivity contribution < 1.29 is 9.84 Å². The van der Waals surface area contributed by atoms with Crippen LogP contribution in [-0.2, 0) is 0 Å². The molecule has 0 aromatic heterocycles. The highest BCUT2D eigenvalue weighted by Crippen LogP contribution is 2.31. The van der Waals surface area contributed by atoms with Gasteiger partial charge < -0.3 is 9.84 Å². The summed E-state index contributed by atoms with van der Waals surface area (Å²) in [6.45, 7) is 0. The molecule has 0 bridgehead atoms. The minimum atomic E-state index is 0.104. The van der Waals surface area contributed by atoms with Gasteiger partial charge in [0.15, 0.2) is 0 Å². The van der Waals surface area contributed by atoms with E-state index in [9.17, 15) is 5.11 Å². The number of halogens is 1. The molecule has 92 valence electrons. The fourth-order valence-electron chi connectivity index (χ4n) is 1.80. The van der Waals surface area contributed by atoms with Crippen LogP contribution in [0.25, 0.3) is 11.1 Å². The Hall–Kier alpha value is -1.67. The van der Waals surface area contributed by atoms with Gasteiger partial charge in [0.1, 0.15) is 11.5 Å². The molecule has 2 aromatic carbocycles. The number of hydrogen-bond donors (Lipinski definition) is 1. The smallest absolute Gasteiger partial charge is 0.134 e. The van der Waals surface area contributed by atoms with Crippen LogP contribution in [0.15, 0.2) is 42.5 Å². The average molecular weight is 261 g/mol. The second-order valence-electron chi connectivity index (χ2n) is 4.51. The molecule has 3 rings (SSSR count). The third-order valence-corrected chi connectivity index (χ3v) is 3.28. The molecule has 0 amide bonds. The summed E-state index contributed by atoms with van der Waals surface area (Å²) in [5.41, 5.74) is 1.97. The molecule has 0 aliphatic heterocycles. The summed E-state index contributed by atoms with van der Waals surface area (Å²) in [4.78, 5) is 0. The normalized spacial score (nSPS) is 14.5. The van der Waals surface area contributed by atoms with Crippen LogP contribution in [0.5, 0.6) is 11.5 Å². The summed E-state index contributed by atoms with van der Waals surface area (Å²) >= 11 is 5.79. The molecular weight excluding hydrogens is 248 g/mol. The van der Waals surface area contributed by atoms with Crippen LogP contribution >= 0.6 is 11.6 Å². The van der Waals surface area contributed by atoms with Crippen molar-refractivity contribution >= 4 is 11.6 Å². The third kappa shape index (κ3) is 2.44. The maximum Gasteiger partial charge on any atom is 0.134 e. The Morgan fingerprint density at radius 3 is 2.28 bits per heavy atom. The van der Waals surface area contributed by atoms with E-state index in [0.29, 0.717) is 11.1 Å². The molecule has 0 spiro atoms. The van der Waals surface area contributed by atoms with Gasteiger partial charge in [-0.25, -0.2) is 0 Å². The summed E-state index contributed by atoms with van der Waals surface area (Å²) in [5.74, 6) is 1.01. The third-order valence-electron chi connectivity index (χ3n) is 2.96. The number of hydrogen-bond acceptors (Lipinski definition) is 2. The van der Waals surface area contributed by atoms with E-state index in [4.69, 9.17) is 16.3 Å². The zero-order valence-corrected chi connectivity index (χ0v) is 10.5. The predicted molar refractivity (Wildman–Crippen MR) is 72.2 cm³/mol. The molecule has 1 saturated carbocycles. The van der Waals surface area contributed by atoms with Crippen molar-refractivity contribution in [1.82, 2.24) is 0 Å². The Morgan fingerprint density at radius 2 is 1.67 bits per heavy atom. The standard InChI is InChI=1S/C15H13ClO2/c16-14-8-3-11(9-15(14)17)10-1-4-12(5-2-10)18-13-6-7-13/h1-5,8-9,13,17H,6-7H2. The Morgan fingerprint density at radius 1 is 1.00 bits per heavy atom. The summed E-state index contributed by atoms with van der Waals surface area (Å²) in [5, 5.41) is 9.95. The molecule has 0 unspecified atom stereocenters. The lowest BCUT2D eigenvalue weighted by Gasteiger charge is -2.07. The van der Waals surface area contributed by atoms with Gasteiger partial charge in [0, 0.05) is 0 Å². The maximum atomic E-state index is 9.59. The molecule has 1 N–H and O–H groups in total. The van der Waals surface area contributed by atoms with Crippen LogP contribution in [0.1, 0.15) is 12.8 Å². The zero-order chi connectivity index (χ0) is 12.5. The van der Waals surface area contributed by atoms with Crippen LogP contribution in [0.3, 0.4) is 0 Å². The molecule has 1 aliphatic rings. The average Bonchev–Trinajstić information content (AvgIpc) is 3.18. The van der Waals surface area contributed by atoms with Crippen molar-refractivity contribution in [2.45, 2.75) is 18.9 Å². The number of rotatable bonds is 3. The van der Waals surface area contributed by atoms with E-state index in [1.165, 1.54) is 0 Å². The number of phenolic OH excluding ortho intramolecular Hbond substituents is 1. The molecule has 1 aliphatic carbocycles. The van der Waals surface area contributed by atoms with E-state index in [0.717, 1.165) is 29.7 Å². The fourth-order valence-corrected chi connectivity index (χ4v) is 1.91. The zero-order valence-electron chi connectivity index (χ0n) is 9.77. The SMILES string of the molecule is Oc1cc(-c2ccc(OC3CC3)cc2)ccc1Cl. The van der Waals surface area contributed by atoms with Crippen LogP contribution in [0.4, 0.5) is 0 Å². The highest BCUT2D eigenvalue weighted by atomic mass is 35.5. The van der Waals surface area contributed by atoms with Crippen LogP contribution < -0.4 is 4.74 Å². The van der Waals surface area contributed by atoms with E-state index in [2.05, 4.69) is 0 Å². The number of benzene rings is 2. The van der Waals surface area contributed by atoms with Gasteiger partial charge in [-0.3, -0.25) is 0 Å². The first-order valence-electron chi connectivity index (χ1n) is 5.98. The Bertz CT molecular complexity index is 559. The number of aromatic hydroxyl groups is 1.